The number of rotatable bonds is 6. The van der Waals surface area contributed by atoms with Crippen molar-refractivity contribution < 1.29 is 24.9 Å². The predicted molar refractivity (Wildman–Crippen MR) is 122 cm³/mol. The number of carbonyl (C=O) groups excluding carboxylic acids is 1. The molecule has 0 saturated carbocycles. The lowest BCUT2D eigenvalue weighted by Crippen LogP contribution is -2.17. The number of benzene rings is 3. The minimum Gasteiger partial charge on any atom is -0.504 e. The number of nitrogens with zero attached hydrogens (tertiary/aromatic N) is 1. The van der Waals surface area contributed by atoms with E-state index in [1.807, 2.05) is 12.1 Å². The van der Waals surface area contributed by atoms with Crippen molar-refractivity contribution in [3.63, 3.8) is 0 Å². The highest BCUT2D eigenvalue weighted by Gasteiger charge is 2.13. The van der Waals surface area contributed by atoms with Gasteiger partial charge in [0.15, 0.2) is 11.5 Å². The minimum atomic E-state index is -0.650. The Morgan fingerprint density at radius 3 is 2.22 bits per heavy atom. The summed E-state index contributed by atoms with van der Waals surface area (Å²) in [5, 5.41) is 32.3. The second kappa shape index (κ2) is 9.43. The summed E-state index contributed by atoms with van der Waals surface area (Å²) >= 11 is 0. The van der Waals surface area contributed by atoms with E-state index in [0.29, 0.717) is 12.2 Å². The molecule has 0 heterocycles. The van der Waals surface area contributed by atoms with Crippen LogP contribution in [0.3, 0.4) is 0 Å². The van der Waals surface area contributed by atoms with E-state index in [1.165, 1.54) is 23.9 Å². The lowest BCUT2D eigenvalue weighted by atomic mass is 9.87. The molecular formula is C25H26N2O5. The fourth-order valence-corrected chi connectivity index (χ4v) is 2.88. The predicted octanol–water partition coefficient (Wildman–Crippen LogP) is 4.44. The second-order valence-electron chi connectivity index (χ2n) is 8.33. The van der Waals surface area contributed by atoms with Crippen LogP contribution in [0.25, 0.3) is 0 Å². The van der Waals surface area contributed by atoms with Crippen LogP contribution in [0.4, 0.5) is 0 Å². The third kappa shape index (κ3) is 5.57. The molecule has 166 valence electrons. The lowest BCUT2D eigenvalue weighted by molar-refractivity contribution is 0.0955. The van der Waals surface area contributed by atoms with Gasteiger partial charge in [0.25, 0.3) is 5.91 Å². The molecule has 0 fully saturated rings. The number of phenolic OH excluding ortho intramolecular Hbond substituents is 3. The molecule has 0 aliphatic carbocycles. The molecule has 3 aromatic rings. The SMILES string of the molecule is CC(C)(C)c1ccc(OCc2ccc(C(=O)NN=Cc3ccc(O)c(O)c3O)cc2)cc1. The Balaban J connectivity index is 1.55. The van der Waals surface area contributed by atoms with Crippen molar-refractivity contribution in [1.82, 2.24) is 5.43 Å². The molecule has 3 aromatic carbocycles. The van der Waals surface area contributed by atoms with Gasteiger partial charge in [0.2, 0.25) is 5.75 Å². The molecule has 1 amide bonds. The highest BCUT2D eigenvalue weighted by atomic mass is 16.5. The number of hydrogen-bond acceptors (Lipinski definition) is 6. The average molecular weight is 434 g/mol. The smallest absolute Gasteiger partial charge is 0.271 e. The summed E-state index contributed by atoms with van der Waals surface area (Å²) < 4.78 is 5.82. The Morgan fingerprint density at radius 1 is 0.938 bits per heavy atom. The Hall–Kier alpha value is -4.00. The fourth-order valence-electron chi connectivity index (χ4n) is 2.88. The van der Waals surface area contributed by atoms with E-state index in [9.17, 15) is 20.1 Å². The van der Waals surface area contributed by atoms with Gasteiger partial charge in [0.1, 0.15) is 12.4 Å². The van der Waals surface area contributed by atoms with Crippen LogP contribution in [0, 0.1) is 0 Å². The van der Waals surface area contributed by atoms with Crippen molar-refractivity contribution in [3.05, 3.63) is 82.9 Å². The van der Waals surface area contributed by atoms with Gasteiger partial charge in [-0.2, -0.15) is 5.10 Å². The van der Waals surface area contributed by atoms with E-state index in [2.05, 4.69) is 43.4 Å². The van der Waals surface area contributed by atoms with Gasteiger partial charge in [-0.3, -0.25) is 4.79 Å². The maximum atomic E-state index is 12.2. The van der Waals surface area contributed by atoms with Gasteiger partial charge in [0, 0.05) is 11.1 Å². The normalized spacial score (nSPS) is 11.5. The molecular weight excluding hydrogens is 408 g/mol. The van der Waals surface area contributed by atoms with Crippen LogP contribution in [0.1, 0.15) is 47.8 Å². The van der Waals surface area contributed by atoms with E-state index in [4.69, 9.17) is 4.74 Å². The number of nitrogens with one attached hydrogen (secondary N) is 1. The van der Waals surface area contributed by atoms with E-state index < -0.39 is 23.2 Å². The Kier molecular flexibility index (Phi) is 6.68. The first-order chi connectivity index (χ1) is 15.1. The van der Waals surface area contributed by atoms with Gasteiger partial charge in [-0.15, -0.1) is 0 Å². The van der Waals surface area contributed by atoms with Crippen molar-refractivity contribution in [2.75, 3.05) is 0 Å². The van der Waals surface area contributed by atoms with Gasteiger partial charge in [-0.25, -0.2) is 5.43 Å². The van der Waals surface area contributed by atoms with Crippen molar-refractivity contribution >= 4 is 12.1 Å². The molecule has 3 rings (SSSR count). The van der Waals surface area contributed by atoms with Gasteiger partial charge < -0.3 is 20.1 Å². The highest BCUT2D eigenvalue weighted by Crippen LogP contribution is 2.36. The topological polar surface area (TPSA) is 111 Å². The van der Waals surface area contributed by atoms with E-state index >= 15 is 0 Å². The molecule has 0 unspecified atom stereocenters. The van der Waals surface area contributed by atoms with E-state index in [1.54, 1.807) is 24.3 Å². The second-order valence-corrected chi connectivity index (χ2v) is 8.33. The van der Waals surface area contributed by atoms with Crippen LogP contribution in [-0.4, -0.2) is 27.4 Å². The highest BCUT2D eigenvalue weighted by molar-refractivity contribution is 5.95. The van der Waals surface area contributed by atoms with Crippen molar-refractivity contribution in [3.8, 4) is 23.0 Å². The summed E-state index contributed by atoms with van der Waals surface area (Å²) in [5.74, 6) is -1.29. The molecule has 0 spiro atoms. The number of amides is 1. The quantitative estimate of drug-likeness (QED) is 0.260. The first kappa shape index (κ1) is 22.7. The van der Waals surface area contributed by atoms with Gasteiger partial charge >= 0.3 is 0 Å². The summed E-state index contributed by atoms with van der Waals surface area (Å²) in [6, 6.07) is 17.5. The summed E-state index contributed by atoms with van der Waals surface area (Å²) in [5.41, 5.74) is 5.13. The number of carbonyl (C=O) groups is 1. The Morgan fingerprint density at radius 2 is 1.59 bits per heavy atom. The van der Waals surface area contributed by atoms with Crippen molar-refractivity contribution in [2.45, 2.75) is 32.8 Å². The number of hydrazone groups is 1. The molecule has 4 N–H and O–H groups in total. The molecule has 7 heteroatoms. The van der Waals surface area contributed by atoms with Crippen molar-refractivity contribution in [2.24, 2.45) is 5.10 Å². The third-order valence-electron chi connectivity index (χ3n) is 4.87. The Bertz CT molecular complexity index is 1110. The zero-order valence-corrected chi connectivity index (χ0v) is 18.2. The molecule has 0 saturated heterocycles. The standard InChI is InChI=1S/C25H26N2O5/c1-25(2,3)19-9-11-20(12-10-19)32-15-16-4-6-17(7-5-16)24(31)27-26-14-18-8-13-21(28)23(30)22(18)29/h4-14,28-30H,15H2,1-3H3,(H,27,31). The number of aromatic hydroxyl groups is 3. The third-order valence-corrected chi connectivity index (χ3v) is 4.87. The molecule has 0 aromatic heterocycles. The van der Waals surface area contributed by atoms with E-state index in [-0.39, 0.29) is 11.0 Å². The van der Waals surface area contributed by atoms with Crippen LogP contribution < -0.4 is 10.2 Å². The molecule has 7 nitrogen and oxygen atoms in total. The molecule has 0 atom stereocenters. The van der Waals surface area contributed by atoms with Gasteiger partial charge in [-0.1, -0.05) is 45.0 Å². The van der Waals surface area contributed by atoms with Crippen LogP contribution in [0.15, 0.2) is 65.8 Å². The van der Waals surface area contributed by atoms with Crippen LogP contribution >= 0.6 is 0 Å². The summed E-state index contributed by atoms with van der Waals surface area (Å²) in [6.07, 6.45) is 1.17. The van der Waals surface area contributed by atoms with E-state index in [0.717, 1.165) is 11.3 Å². The maximum absolute atomic E-state index is 12.2. The fraction of sp³-hybridized carbons (Fsp3) is 0.200. The summed E-state index contributed by atoms with van der Waals surface area (Å²) in [4.78, 5) is 12.2. The maximum Gasteiger partial charge on any atom is 0.271 e. The van der Waals surface area contributed by atoms with Crippen LogP contribution in [0.5, 0.6) is 23.0 Å². The zero-order valence-electron chi connectivity index (χ0n) is 18.2. The van der Waals surface area contributed by atoms with Gasteiger partial charge in [-0.05, 0) is 52.9 Å². The number of hydrogen-bond donors (Lipinski definition) is 4. The molecule has 0 bridgehead atoms. The lowest BCUT2D eigenvalue weighted by Gasteiger charge is -2.19. The van der Waals surface area contributed by atoms with Crippen LogP contribution in [0.2, 0.25) is 0 Å². The largest absolute Gasteiger partial charge is 0.504 e. The molecule has 32 heavy (non-hydrogen) atoms. The van der Waals surface area contributed by atoms with Crippen molar-refractivity contribution in [1.29, 1.82) is 0 Å². The molecule has 0 aliphatic heterocycles. The monoisotopic (exact) mass is 434 g/mol. The summed E-state index contributed by atoms with van der Waals surface area (Å²) in [6.45, 7) is 6.86. The first-order valence-electron chi connectivity index (χ1n) is 10.0. The zero-order chi connectivity index (χ0) is 23.3. The molecule has 0 radical (unpaired) electrons. The number of ether oxygens (including phenoxy) is 1. The minimum absolute atomic E-state index is 0.0885. The summed E-state index contributed by atoms with van der Waals surface area (Å²) in [7, 11) is 0. The molecule has 0 aliphatic rings. The first-order valence-corrected chi connectivity index (χ1v) is 10.0. The van der Waals surface area contributed by atoms with Crippen LogP contribution in [-0.2, 0) is 12.0 Å². The number of phenols is 3. The van der Waals surface area contributed by atoms with Gasteiger partial charge in [0.05, 0.1) is 6.21 Å². The Labute approximate surface area is 186 Å². The average Bonchev–Trinajstić information content (AvgIpc) is 2.77.